The van der Waals surface area contributed by atoms with Gasteiger partial charge in [0, 0.05) is 23.7 Å². The summed E-state index contributed by atoms with van der Waals surface area (Å²) in [6.45, 7) is 0. The van der Waals surface area contributed by atoms with E-state index < -0.39 is 0 Å². The van der Waals surface area contributed by atoms with Gasteiger partial charge in [-0.15, -0.1) is 10.2 Å². The van der Waals surface area contributed by atoms with Crippen LogP contribution in [0.3, 0.4) is 0 Å². The Bertz CT molecular complexity index is 806. The third-order valence-corrected chi connectivity index (χ3v) is 3.10. The Balaban J connectivity index is 2.52. The summed E-state index contributed by atoms with van der Waals surface area (Å²) in [7, 11) is 1.66. The lowest BCUT2D eigenvalue weighted by atomic mass is 10.0. The van der Waals surface area contributed by atoms with E-state index in [-0.39, 0.29) is 11.4 Å². The molecule has 5 nitrogen and oxygen atoms in total. The van der Waals surface area contributed by atoms with Crippen LogP contribution in [0.2, 0.25) is 0 Å². The lowest BCUT2D eigenvalue weighted by molar-refractivity contribution is 0.990. The van der Waals surface area contributed by atoms with E-state index in [1.165, 1.54) is 0 Å². The maximum atomic E-state index is 9.17. The molecule has 0 bridgehead atoms. The quantitative estimate of drug-likeness (QED) is 0.602. The standard InChI is InChI=1S/C14H7N5/c1-17-14-9-5-3-2-4-8(9)12-10(6-15)18-19-11(7-16)13(12)14/h2-5H,1H3. The molecular weight excluding hydrogens is 238 g/mol. The number of nitrogens with zero attached hydrogens (tertiary/aromatic N) is 5. The summed E-state index contributed by atoms with van der Waals surface area (Å²) < 4.78 is 0. The first kappa shape index (κ1) is 11.1. The van der Waals surface area contributed by atoms with Crippen LogP contribution in [0.1, 0.15) is 22.5 Å². The Morgan fingerprint density at radius 1 is 0.947 bits per heavy atom. The molecule has 1 aliphatic carbocycles. The van der Waals surface area contributed by atoms with Gasteiger partial charge >= 0.3 is 0 Å². The van der Waals surface area contributed by atoms with Crippen LogP contribution in [0.15, 0.2) is 29.3 Å². The van der Waals surface area contributed by atoms with Gasteiger partial charge in [-0.25, -0.2) is 0 Å². The van der Waals surface area contributed by atoms with Gasteiger partial charge in [-0.05, 0) is 5.56 Å². The van der Waals surface area contributed by atoms with E-state index in [4.69, 9.17) is 5.26 Å². The minimum Gasteiger partial charge on any atom is -0.287 e. The molecule has 3 rings (SSSR count). The molecule has 1 aromatic carbocycles. The molecule has 0 radical (unpaired) electrons. The number of aromatic nitrogens is 2. The van der Waals surface area contributed by atoms with Gasteiger partial charge < -0.3 is 0 Å². The van der Waals surface area contributed by atoms with E-state index in [2.05, 4.69) is 15.2 Å². The van der Waals surface area contributed by atoms with Gasteiger partial charge in [0.1, 0.15) is 12.1 Å². The van der Waals surface area contributed by atoms with Crippen molar-refractivity contribution in [2.24, 2.45) is 4.99 Å². The highest BCUT2D eigenvalue weighted by Crippen LogP contribution is 2.39. The Morgan fingerprint density at radius 3 is 2.11 bits per heavy atom. The van der Waals surface area contributed by atoms with Crippen LogP contribution in [0.4, 0.5) is 0 Å². The van der Waals surface area contributed by atoms with Gasteiger partial charge in [0.25, 0.3) is 0 Å². The van der Waals surface area contributed by atoms with Crippen LogP contribution in [0, 0.1) is 22.7 Å². The van der Waals surface area contributed by atoms with Crippen molar-refractivity contribution in [1.82, 2.24) is 10.2 Å². The summed E-state index contributed by atoms with van der Waals surface area (Å²) in [4.78, 5) is 4.24. The normalized spacial score (nSPS) is 13.5. The van der Waals surface area contributed by atoms with E-state index in [1.54, 1.807) is 7.05 Å². The third-order valence-electron chi connectivity index (χ3n) is 3.10. The summed E-state index contributed by atoms with van der Waals surface area (Å²) in [5.74, 6) is 0. The van der Waals surface area contributed by atoms with Gasteiger partial charge in [0.2, 0.25) is 0 Å². The first-order valence-corrected chi connectivity index (χ1v) is 5.59. The van der Waals surface area contributed by atoms with Gasteiger partial charge in [0.05, 0.1) is 5.71 Å². The number of benzene rings is 1. The molecule has 1 aromatic heterocycles. The van der Waals surface area contributed by atoms with Crippen LogP contribution in [-0.2, 0) is 0 Å². The summed E-state index contributed by atoms with van der Waals surface area (Å²) in [6.07, 6.45) is 0. The zero-order chi connectivity index (χ0) is 13.4. The van der Waals surface area contributed by atoms with E-state index in [0.29, 0.717) is 16.8 Å². The van der Waals surface area contributed by atoms with Crippen molar-refractivity contribution in [2.75, 3.05) is 7.05 Å². The van der Waals surface area contributed by atoms with Crippen molar-refractivity contribution >= 4 is 5.71 Å². The third kappa shape index (κ3) is 1.36. The minimum absolute atomic E-state index is 0.200. The van der Waals surface area contributed by atoms with E-state index in [1.807, 2.05) is 36.4 Å². The maximum absolute atomic E-state index is 9.17. The van der Waals surface area contributed by atoms with Crippen molar-refractivity contribution in [1.29, 1.82) is 10.5 Å². The van der Waals surface area contributed by atoms with Gasteiger partial charge in [-0.2, -0.15) is 10.5 Å². The molecule has 0 atom stereocenters. The number of nitriles is 2. The number of rotatable bonds is 0. The Kier molecular flexibility index (Phi) is 2.33. The molecule has 5 heteroatoms. The predicted octanol–water partition coefficient (Wildman–Crippen LogP) is 1.67. The van der Waals surface area contributed by atoms with Crippen molar-refractivity contribution < 1.29 is 0 Å². The second kappa shape index (κ2) is 4.01. The Labute approximate surface area is 109 Å². The topological polar surface area (TPSA) is 85.7 Å². The highest BCUT2D eigenvalue weighted by molar-refractivity contribution is 6.25. The van der Waals surface area contributed by atoms with Crippen molar-refractivity contribution in [3.8, 4) is 23.3 Å². The smallest absolute Gasteiger partial charge is 0.173 e. The molecule has 0 aliphatic heterocycles. The molecule has 0 saturated carbocycles. The van der Waals surface area contributed by atoms with Gasteiger partial charge in [-0.3, -0.25) is 4.99 Å². The largest absolute Gasteiger partial charge is 0.287 e. The fourth-order valence-electron chi connectivity index (χ4n) is 2.36. The molecule has 0 saturated heterocycles. The molecule has 2 aromatic rings. The first-order chi connectivity index (χ1) is 9.31. The number of aliphatic imine (C=N–C) groups is 1. The van der Waals surface area contributed by atoms with Crippen LogP contribution in [0.5, 0.6) is 0 Å². The maximum Gasteiger partial charge on any atom is 0.173 e. The second-order valence-corrected chi connectivity index (χ2v) is 3.99. The molecule has 1 aliphatic rings. The SMILES string of the molecule is CN=C1c2ccccc2-c2c(C#N)nnc(C#N)c21. The Morgan fingerprint density at radius 2 is 1.53 bits per heavy atom. The van der Waals surface area contributed by atoms with Crippen LogP contribution < -0.4 is 0 Å². The number of fused-ring (bicyclic) bond motifs is 3. The lowest BCUT2D eigenvalue weighted by Gasteiger charge is -2.02. The molecular formula is C14H7N5. The fraction of sp³-hybridized carbons (Fsp3) is 0.0714. The van der Waals surface area contributed by atoms with Crippen molar-refractivity contribution in [2.45, 2.75) is 0 Å². The Hall–Kier alpha value is -3.05. The lowest BCUT2D eigenvalue weighted by Crippen LogP contribution is -2.05. The molecule has 0 amide bonds. The predicted molar refractivity (Wildman–Crippen MR) is 68.5 cm³/mol. The fourth-order valence-corrected chi connectivity index (χ4v) is 2.36. The summed E-state index contributed by atoms with van der Waals surface area (Å²) >= 11 is 0. The molecule has 1 heterocycles. The highest BCUT2D eigenvalue weighted by Gasteiger charge is 2.31. The van der Waals surface area contributed by atoms with E-state index in [0.717, 1.165) is 11.1 Å². The van der Waals surface area contributed by atoms with Crippen LogP contribution >= 0.6 is 0 Å². The van der Waals surface area contributed by atoms with E-state index in [9.17, 15) is 5.26 Å². The second-order valence-electron chi connectivity index (χ2n) is 3.99. The summed E-state index contributed by atoms with van der Waals surface area (Å²) in [5, 5.41) is 26.0. The number of hydrogen-bond donors (Lipinski definition) is 0. The zero-order valence-corrected chi connectivity index (χ0v) is 10.0. The van der Waals surface area contributed by atoms with Gasteiger partial charge in [0.15, 0.2) is 11.4 Å². The first-order valence-electron chi connectivity index (χ1n) is 5.59. The van der Waals surface area contributed by atoms with Crippen molar-refractivity contribution in [3.05, 3.63) is 46.8 Å². The monoisotopic (exact) mass is 245 g/mol. The van der Waals surface area contributed by atoms with Crippen LogP contribution in [0.25, 0.3) is 11.1 Å². The average molecular weight is 245 g/mol. The average Bonchev–Trinajstić information content (AvgIpc) is 2.81. The molecule has 0 unspecified atom stereocenters. The van der Waals surface area contributed by atoms with Crippen LogP contribution in [-0.4, -0.2) is 23.0 Å². The van der Waals surface area contributed by atoms with Gasteiger partial charge in [-0.1, -0.05) is 24.3 Å². The number of hydrogen-bond acceptors (Lipinski definition) is 5. The highest BCUT2D eigenvalue weighted by atomic mass is 15.1. The molecule has 0 fully saturated rings. The summed E-state index contributed by atoms with van der Waals surface area (Å²) in [6, 6.07) is 11.6. The van der Waals surface area contributed by atoms with Crippen molar-refractivity contribution in [3.63, 3.8) is 0 Å². The molecule has 19 heavy (non-hydrogen) atoms. The molecule has 0 spiro atoms. The minimum atomic E-state index is 0.200. The zero-order valence-electron chi connectivity index (χ0n) is 10.0. The molecule has 0 N–H and O–H groups in total. The molecule has 88 valence electrons. The van der Waals surface area contributed by atoms with E-state index >= 15 is 0 Å². The summed E-state index contributed by atoms with van der Waals surface area (Å²) in [5.41, 5.74) is 4.16.